The van der Waals surface area contributed by atoms with Gasteiger partial charge >= 0.3 is 0 Å². The van der Waals surface area contributed by atoms with E-state index in [2.05, 4.69) is 85.4 Å². The first-order valence-electron chi connectivity index (χ1n) is 9.64. The average Bonchev–Trinajstić information content (AvgIpc) is 2.34. The van der Waals surface area contributed by atoms with Gasteiger partial charge in [0, 0.05) is 8.07 Å². The van der Waals surface area contributed by atoms with Crippen LogP contribution in [0.4, 0.5) is 0 Å². The van der Waals surface area contributed by atoms with Crippen LogP contribution >= 0.6 is 0 Å². The molecule has 4 heteroatoms. The normalized spacial score (nSPS) is 13.7. The van der Waals surface area contributed by atoms with Crippen molar-refractivity contribution in [3.63, 3.8) is 0 Å². The number of allylic oxidation sites excluding steroid dienone is 1. The van der Waals surface area contributed by atoms with E-state index in [9.17, 15) is 0 Å². The highest BCUT2D eigenvalue weighted by molar-refractivity contribution is 7.06. The first-order valence-corrected chi connectivity index (χ1v) is 23.0. The zero-order valence-electron chi connectivity index (χ0n) is 18.3. The molecule has 0 amide bonds. The van der Waals surface area contributed by atoms with Crippen molar-refractivity contribution in [2.45, 2.75) is 104 Å². The lowest BCUT2D eigenvalue weighted by Crippen LogP contribution is -2.45. The van der Waals surface area contributed by atoms with Crippen LogP contribution in [-0.4, -0.2) is 32.3 Å². The number of rotatable bonds is 8. The molecular formula is C19H44Si4. The van der Waals surface area contributed by atoms with Gasteiger partial charge in [-0.05, 0) is 11.2 Å². The van der Waals surface area contributed by atoms with Crippen LogP contribution < -0.4 is 0 Å². The van der Waals surface area contributed by atoms with Gasteiger partial charge in [0.1, 0.15) is 0 Å². The van der Waals surface area contributed by atoms with E-state index in [1.54, 1.807) is 5.20 Å². The molecule has 0 spiro atoms. The van der Waals surface area contributed by atoms with Gasteiger partial charge in [0.05, 0.1) is 24.2 Å². The van der Waals surface area contributed by atoms with Gasteiger partial charge in [-0.25, -0.2) is 0 Å². The molecule has 0 N–H and O–H groups in total. The van der Waals surface area contributed by atoms with Crippen molar-refractivity contribution in [2.24, 2.45) is 0 Å². The van der Waals surface area contributed by atoms with E-state index in [-0.39, 0.29) is 0 Å². The van der Waals surface area contributed by atoms with Crippen LogP contribution in [0.5, 0.6) is 0 Å². The third-order valence-corrected chi connectivity index (χ3v) is 19.8. The summed E-state index contributed by atoms with van der Waals surface area (Å²) in [6.45, 7) is 30.2. The Labute approximate surface area is 151 Å². The lowest BCUT2D eigenvalue weighted by atomic mass is 10.6. The Kier molecular flexibility index (Phi) is 8.32. The highest BCUT2D eigenvalue weighted by Gasteiger charge is 2.39. The Balaban J connectivity index is 6.67. The molecule has 0 saturated heterocycles. The van der Waals surface area contributed by atoms with Crippen molar-refractivity contribution < 1.29 is 0 Å². The van der Waals surface area contributed by atoms with Gasteiger partial charge in [-0.1, -0.05) is 103 Å². The molecule has 136 valence electrons. The van der Waals surface area contributed by atoms with Crippen molar-refractivity contribution in [3.8, 4) is 0 Å². The van der Waals surface area contributed by atoms with E-state index in [0.717, 1.165) is 0 Å². The van der Waals surface area contributed by atoms with Gasteiger partial charge in [-0.2, -0.15) is 0 Å². The Morgan fingerprint density at radius 2 is 1.04 bits per heavy atom. The second-order valence-corrected chi connectivity index (χ2v) is 31.8. The lowest BCUT2D eigenvalue weighted by Gasteiger charge is -2.37. The summed E-state index contributed by atoms with van der Waals surface area (Å²) >= 11 is 0. The van der Waals surface area contributed by atoms with Gasteiger partial charge in [0.15, 0.2) is 0 Å². The topological polar surface area (TPSA) is 0 Å². The minimum atomic E-state index is -1.32. The summed E-state index contributed by atoms with van der Waals surface area (Å²) in [5, 5.41) is 1.75. The molecular weight excluding hydrogens is 341 g/mol. The molecule has 0 aliphatic carbocycles. The molecule has 0 aliphatic rings. The minimum Gasteiger partial charge on any atom is -0.136 e. The molecule has 0 heterocycles. The Morgan fingerprint density at radius 3 is 1.26 bits per heavy atom. The smallest absolute Gasteiger partial charge is 0.0856 e. The van der Waals surface area contributed by atoms with E-state index in [1.165, 1.54) is 24.2 Å². The number of hydrogen-bond acceptors (Lipinski definition) is 0. The SMILES string of the molecule is CC[Si](CC)(CC)C(=C=C(C[Si](C)(C)C)[Si](C)(C)C)[Si](C)(C)C. The molecule has 0 fully saturated rings. The maximum Gasteiger partial charge on any atom is 0.0856 e. The predicted molar refractivity (Wildman–Crippen MR) is 123 cm³/mol. The summed E-state index contributed by atoms with van der Waals surface area (Å²) in [6, 6.07) is 5.56. The predicted octanol–water partition coefficient (Wildman–Crippen LogP) is 7.58. The van der Waals surface area contributed by atoms with Gasteiger partial charge in [0.25, 0.3) is 0 Å². The quantitative estimate of drug-likeness (QED) is 0.299. The second kappa shape index (κ2) is 8.18. The molecule has 0 atom stereocenters. The lowest BCUT2D eigenvalue weighted by molar-refractivity contribution is 1.18. The summed E-state index contributed by atoms with van der Waals surface area (Å²) in [6.07, 6.45) is 0. The fraction of sp³-hybridized carbons (Fsp3) is 0.842. The van der Waals surface area contributed by atoms with E-state index >= 15 is 0 Å². The fourth-order valence-electron chi connectivity index (χ4n) is 3.57. The van der Waals surface area contributed by atoms with Gasteiger partial charge in [0.2, 0.25) is 0 Å². The van der Waals surface area contributed by atoms with Crippen molar-refractivity contribution in [1.82, 2.24) is 0 Å². The third-order valence-electron chi connectivity index (χ3n) is 5.20. The Morgan fingerprint density at radius 1 is 0.652 bits per heavy atom. The molecule has 0 bridgehead atoms. The first-order chi connectivity index (χ1) is 10.1. The summed E-state index contributed by atoms with van der Waals surface area (Å²) < 4.78 is 0. The highest BCUT2D eigenvalue weighted by atomic mass is 28.4. The third kappa shape index (κ3) is 7.03. The summed E-state index contributed by atoms with van der Waals surface area (Å²) in [7, 11) is -5.02. The molecule has 0 radical (unpaired) electrons. The zero-order valence-corrected chi connectivity index (χ0v) is 22.3. The van der Waals surface area contributed by atoms with Crippen molar-refractivity contribution in [3.05, 3.63) is 15.7 Å². The van der Waals surface area contributed by atoms with Crippen LogP contribution in [0.2, 0.25) is 83.1 Å². The minimum absolute atomic E-state index is 1.09. The molecule has 0 aromatic carbocycles. The fourth-order valence-corrected chi connectivity index (χ4v) is 20.6. The van der Waals surface area contributed by atoms with Crippen molar-refractivity contribution in [1.29, 1.82) is 0 Å². The Bertz CT molecular complexity index is 437. The average molecular weight is 385 g/mol. The molecule has 0 unspecified atom stereocenters. The number of hydrogen-bond donors (Lipinski definition) is 0. The van der Waals surface area contributed by atoms with E-state index in [1.807, 2.05) is 4.82 Å². The maximum absolute atomic E-state index is 4.24. The second-order valence-electron chi connectivity index (χ2n) is 10.6. The van der Waals surface area contributed by atoms with Crippen LogP contribution in [-0.2, 0) is 0 Å². The van der Waals surface area contributed by atoms with Crippen LogP contribution in [0.3, 0.4) is 0 Å². The van der Waals surface area contributed by atoms with Crippen LogP contribution in [0.25, 0.3) is 0 Å². The molecule has 0 aliphatic heterocycles. The highest BCUT2D eigenvalue weighted by Crippen LogP contribution is 2.35. The monoisotopic (exact) mass is 384 g/mol. The van der Waals surface area contributed by atoms with Crippen molar-refractivity contribution >= 4 is 32.3 Å². The van der Waals surface area contributed by atoms with Crippen LogP contribution in [0.15, 0.2) is 15.7 Å². The van der Waals surface area contributed by atoms with Crippen molar-refractivity contribution in [2.75, 3.05) is 0 Å². The molecule has 0 rings (SSSR count). The van der Waals surface area contributed by atoms with Gasteiger partial charge in [-0.3, -0.25) is 0 Å². The van der Waals surface area contributed by atoms with E-state index < -0.39 is 32.3 Å². The molecule has 23 heavy (non-hydrogen) atoms. The van der Waals surface area contributed by atoms with Crippen LogP contribution in [0, 0.1) is 0 Å². The van der Waals surface area contributed by atoms with E-state index in [4.69, 9.17) is 0 Å². The standard InChI is InChI=1S/C19H44Si4/c1-13-23(14-2,15-3)19(22(10,11)12)16-18(21(7,8)9)17-20(4,5)6/h13-15,17H2,1-12H3. The largest absolute Gasteiger partial charge is 0.136 e. The van der Waals surface area contributed by atoms with Gasteiger partial charge in [-0.15, -0.1) is 5.73 Å². The first kappa shape index (κ1) is 23.4. The Hall–Kier alpha value is 0.388. The molecule has 0 aromatic rings. The molecule has 0 aromatic heterocycles. The summed E-state index contributed by atoms with van der Waals surface area (Å²) in [5.41, 5.74) is 4.24. The molecule has 0 nitrogen and oxygen atoms in total. The summed E-state index contributed by atoms with van der Waals surface area (Å²) in [5.74, 6) is 0. The zero-order chi connectivity index (χ0) is 18.7. The van der Waals surface area contributed by atoms with E-state index in [0.29, 0.717) is 0 Å². The summed E-state index contributed by atoms with van der Waals surface area (Å²) in [4.78, 5) is 1.87. The molecule has 0 saturated carbocycles. The maximum atomic E-state index is 4.24. The van der Waals surface area contributed by atoms with Gasteiger partial charge < -0.3 is 0 Å². The van der Waals surface area contributed by atoms with Crippen LogP contribution in [0.1, 0.15) is 20.8 Å².